The average molecular weight is 537 g/mol. The minimum Gasteiger partial charge on any atom is -0.357 e. The number of carbonyl (C=O) groups is 3. The molecule has 1 fully saturated rings. The molecule has 7 heteroatoms. The fraction of sp³-hybridized carbons (Fsp3) is 0.333. The van der Waals surface area contributed by atoms with E-state index < -0.39 is 12.1 Å². The van der Waals surface area contributed by atoms with E-state index in [0.29, 0.717) is 19.4 Å². The summed E-state index contributed by atoms with van der Waals surface area (Å²) in [4.78, 5) is 48.8. The van der Waals surface area contributed by atoms with Gasteiger partial charge in [-0.1, -0.05) is 68.4 Å². The Bertz CT molecular complexity index is 1550. The van der Waals surface area contributed by atoms with Crippen LogP contribution in [0.2, 0.25) is 0 Å². The van der Waals surface area contributed by atoms with E-state index in [-0.39, 0.29) is 36.6 Å². The number of nitrogens with zero attached hydrogens (tertiary/aromatic N) is 3. The quantitative estimate of drug-likeness (QED) is 0.353. The van der Waals surface area contributed by atoms with Crippen LogP contribution in [0.15, 0.2) is 79.0 Å². The summed E-state index contributed by atoms with van der Waals surface area (Å²) in [7, 11) is 1.59. The maximum Gasteiger partial charge on any atom is 0.246 e. The first kappa shape index (κ1) is 27.3. The third-order valence-electron chi connectivity index (χ3n) is 7.71. The van der Waals surface area contributed by atoms with Gasteiger partial charge < -0.3 is 15.1 Å². The van der Waals surface area contributed by atoms with Gasteiger partial charge >= 0.3 is 0 Å². The lowest BCUT2D eigenvalue weighted by Crippen LogP contribution is -2.54. The van der Waals surface area contributed by atoms with E-state index >= 15 is 0 Å². The van der Waals surface area contributed by atoms with Gasteiger partial charge in [-0.15, -0.1) is 0 Å². The predicted molar refractivity (Wildman–Crippen MR) is 157 cm³/mol. The molecule has 4 aromatic rings. The zero-order valence-corrected chi connectivity index (χ0v) is 23.3. The highest BCUT2D eigenvalue weighted by molar-refractivity contribution is 5.94. The minimum absolute atomic E-state index is 0.0749. The Balaban J connectivity index is 1.46. The molecule has 40 heavy (non-hydrogen) atoms. The third kappa shape index (κ3) is 5.83. The van der Waals surface area contributed by atoms with E-state index in [9.17, 15) is 14.4 Å². The zero-order valence-electron chi connectivity index (χ0n) is 23.3. The molecule has 2 heterocycles. The lowest BCUT2D eigenvalue weighted by molar-refractivity contribution is -0.146. The zero-order chi connectivity index (χ0) is 28.2. The van der Waals surface area contributed by atoms with Crippen molar-refractivity contribution in [2.45, 2.75) is 51.7 Å². The van der Waals surface area contributed by atoms with Crippen LogP contribution >= 0.6 is 0 Å². The largest absolute Gasteiger partial charge is 0.357 e. The SMILES string of the molecule is CNC(=O)C(Cc1ccc2ccccc2c1)N1CCC(=O)N(Cc2ccc3ncccc3c2)C(CC(C)C)C1=O. The Morgan fingerprint density at radius 3 is 2.45 bits per heavy atom. The number of hydrogen-bond donors (Lipinski definition) is 1. The summed E-state index contributed by atoms with van der Waals surface area (Å²) in [6.07, 6.45) is 2.82. The lowest BCUT2D eigenvalue weighted by Gasteiger charge is -2.35. The van der Waals surface area contributed by atoms with Crippen molar-refractivity contribution in [1.29, 1.82) is 0 Å². The number of rotatable bonds is 8. The van der Waals surface area contributed by atoms with Crippen molar-refractivity contribution < 1.29 is 14.4 Å². The summed E-state index contributed by atoms with van der Waals surface area (Å²) in [6.45, 7) is 4.64. The summed E-state index contributed by atoms with van der Waals surface area (Å²) in [5, 5.41) is 5.96. The summed E-state index contributed by atoms with van der Waals surface area (Å²) >= 11 is 0. The number of likely N-dealkylation sites (N-methyl/N-ethyl adjacent to an activating group) is 1. The van der Waals surface area contributed by atoms with Gasteiger partial charge in [-0.2, -0.15) is 0 Å². The highest BCUT2D eigenvalue weighted by Crippen LogP contribution is 2.26. The fourth-order valence-corrected chi connectivity index (χ4v) is 5.67. The Labute approximate surface area is 235 Å². The molecule has 7 nitrogen and oxygen atoms in total. The first-order chi connectivity index (χ1) is 19.3. The Morgan fingerprint density at radius 1 is 0.950 bits per heavy atom. The topological polar surface area (TPSA) is 82.6 Å². The number of nitrogens with one attached hydrogen (secondary N) is 1. The molecule has 3 amide bonds. The molecule has 0 aliphatic carbocycles. The second-order valence-electron chi connectivity index (χ2n) is 11.0. The molecule has 0 bridgehead atoms. The molecule has 0 spiro atoms. The van der Waals surface area contributed by atoms with E-state index in [4.69, 9.17) is 0 Å². The number of hydrogen-bond acceptors (Lipinski definition) is 4. The Kier molecular flexibility index (Phi) is 8.10. The maximum absolute atomic E-state index is 14.2. The van der Waals surface area contributed by atoms with E-state index in [1.54, 1.807) is 23.0 Å². The summed E-state index contributed by atoms with van der Waals surface area (Å²) in [5.41, 5.74) is 2.80. The highest BCUT2D eigenvalue weighted by Gasteiger charge is 2.41. The number of benzene rings is 3. The highest BCUT2D eigenvalue weighted by atomic mass is 16.2. The molecule has 0 saturated carbocycles. The van der Waals surface area contributed by atoms with Crippen molar-refractivity contribution in [3.63, 3.8) is 0 Å². The van der Waals surface area contributed by atoms with Crippen LogP contribution < -0.4 is 5.32 Å². The molecule has 2 atom stereocenters. The molecule has 0 radical (unpaired) electrons. The number of amides is 3. The van der Waals surface area contributed by atoms with E-state index in [1.807, 2.05) is 60.7 Å². The fourth-order valence-electron chi connectivity index (χ4n) is 5.67. The predicted octanol–water partition coefficient (Wildman–Crippen LogP) is 4.72. The minimum atomic E-state index is -0.715. The number of pyridine rings is 1. The molecule has 1 aromatic heterocycles. The number of fused-ring (bicyclic) bond motifs is 2. The third-order valence-corrected chi connectivity index (χ3v) is 7.71. The van der Waals surface area contributed by atoms with Crippen LogP contribution in [-0.4, -0.2) is 58.2 Å². The molecule has 1 saturated heterocycles. The van der Waals surface area contributed by atoms with Crippen LogP contribution in [0.25, 0.3) is 21.7 Å². The van der Waals surface area contributed by atoms with Crippen LogP contribution in [0.4, 0.5) is 0 Å². The number of carbonyl (C=O) groups excluding carboxylic acids is 3. The number of aromatic nitrogens is 1. The molecule has 5 rings (SSSR count). The van der Waals surface area contributed by atoms with Crippen molar-refractivity contribution in [2.24, 2.45) is 5.92 Å². The van der Waals surface area contributed by atoms with Gasteiger partial charge in [0, 0.05) is 44.6 Å². The van der Waals surface area contributed by atoms with Gasteiger partial charge in [0.1, 0.15) is 12.1 Å². The second kappa shape index (κ2) is 11.9. The molecule has 1 aliphatic heterocycles. The molecule has 2 unspecified atom stereocenters. The van der Waals surface area contributed by atoms with Crippen LogP contribution in [0, 0.1) is 5.92 Å². The first-order valence-corrected chi connectivity index (χ1v) is 14.0. The van der Waals surface area contributed by atoms with E-state index in [0.717, 1.165) is 32.8 Å². The van der Waals surface area contributed by atoms with Crippen LogP contribution in [-0.2, 0) is 27.3 Å². The lowest BCUT2D eigenvalue weighted by atomic mass is 9.97. The summed E-state index contributed by atoms with van der Waals surface area (Å²) in [6, 6.07) is 22.7. The Morgan fingerprint density at radius 2 is 1.68 bits per heavy atom. The van der Waals surface area contributed by atoms with Gasteiger partial charge in [-0.25, -0.2) is 0 Å². The first-order valence-electron chi connectivity index (χ1n) is 14.0. The second-order valence-corrected chi connectivity index (χ2v) is 11.0. The van der Waals surface area contributed by atoms with Crippen LogP contribution in [0.5, 0.6) is 0 Å². The van der Waals surface area contributed by atoms with E-state index in [1.165, 1.54) is 0 Å². The smallest absolute Gasteiger partial charge is 0.246 e. The van der Waals surface area contributed by atoms with Crippen molar-refractivity contribution in [3.8, 4) is 0 Å². The molecule has 3 aromatic carbocycles. The molecular formula is C33H36N4O3. The van der Waals surface area contributed by atoms with Gasteiger partial charge in [0.05, 0.1) is 5.52 Å². The van der Waals surface area contributed by atoms with Gasteiger partial charge in [0.15, 0.2) is 0 Å². The molecule has 206 valence electrons. The van der Waals surface area contributed by atoms with Crippen molar-refractivity contribution in [2.75, 3.05) is 13.6 Å². The van der Waals surface area contributed by atoms with Gasteiger partial charge in [0.25, 0.3) is 0 Å². The summed E-state index contributed by atoms with van der Waals surface area (Å²) < 4.78 is 0. The van der Waals surface area contributed by atoms with Gasteiger partial charge in [-0.05, 0) is 52.4 Å². The Hall–Kier alpha value is -4.26. The summed E-state index contributed by atoms with van der Waals surface area (Å²) in [5.74, 6) is -0.290. The average Bonchev–Trinajstić information content (AvgIpc) is 3.07. The monoisotopic (exact) mass is 536 g/mol. The van der Waals surface area contributed by atoms with Crippen LogP contribution in [0.1, 0.15) is 37.8 Å². The van der Waals surface area contributed by atoms with Crippen molar-refractivity contribution >= 4 is 39.4 Å². The van der Waals surface area contributed by atoms with E-state index in [2.05, 4.69) is 36.3 Å². The molecule has 1 aliphatic rings. The van der Waals surface area contributed by atoms with Gasteiger partial charge in [-0.3, -0.25) is 19.4 Å². The normalized spacial score (nSPS) is 16.9. The standard InChI is InChI=1S/C33H36N4O3/c1-22(2)17-30-33(40)36(29(32(39)34-3)20-23-10-12-25-7-4-5-8-26(25)18-23)16-14-31(38)37(30)21-24-11-13-28-27(19-24)9-6-15-35-28/h4-13,15,18-19,22,29-30H,14,16-17,20-21H2,1-3H3,(H,34,39). The molecular weight excluding hydrogens is 500 g/mol. The maximum atomic E-state index is 14.2. The molecule has 1 N–H and O–H groups in total. The van der Waals surface area contributed by atoms with Crippen LogP contribution in [0.3, 0.4) is 0 Å². The van der Waals surface area contributed by atoms with Crippen molar-refractivity contribution in [1.82, 2.24) is 20.1 Å². The van der Waals surface area contributed by atoms with Crippen molar-refractivity contribution in [3.05, 3.63) is 90.1 Å². The van der Waals surface area contributed by atoms with Gasteiger partial charge in [0.2, 0.25) is 17.7 Å².